The van der Waals surface area contributed by atoms with E-state index >= 15 is 0 Å². The number of hydrogen-bond acceptors (Lipinski definition) is 9. The van der Waals surface area contributed by atoms with Crippen molar-refractivity contribution in [3.63, 3.8) is 0 Å². The summed E-state index contributed by atoms with van der Waals surface area (Å²) < 4.78 is 16.8. The number of fused-ring (bicyclic) bond motifs is 1. The fourth-order valence-corrected chi connectivity index (χ4v) is 3.21. The van der Waals surface area contributed by atoms with Crippen molar-refractivity contribution in [2.75, 3.05) is 13.2 Å². The van der Waals surface area contributed by atoms with Gasteiger partial charge in [-0.2, -0.15) is 0 Å². The Morgan fingerprint density at radius 1 is 1.00 bits per heavy atom. The van der Waals surface area contributed by atoms with Crippen LogP contribution in [0, 0.1) is 0 Å². The Bertz CT molecular complexity index is 1080. The van der Waals surface area contributed by atoms with Gasteiger partial charge in [0.2, 0.25) is 0 Å². The molecule has 0 fully saturated rings. The highest BCUT2D eigenvalue weighted by Crippen LogP contribution is 2.35. The number of rotatable bonds is 11. The summed E-state index contributed by atoms with van der Waals surface area (Å²) >= 11 is 0. The molecule has 8 N–H and O–H groups in total. The average molecular weight is 454 g/mol. The molecule has 2 rings (SSSR count). The maximum Gasteiger partial charge on any atom is 0.469 e. The second-order valence-corrected chi connectivity index (χ2v) is 7.73. The second kappa shape index (κ2) is 9.80. The fourth-order valence-electron chi connectivity index (χ4n) is 2.84. The molecule has 0 spiro atoms. The SMILES string of the molecule is O=c1[nH]c(=O)c2c([nH]1)n(C[C@@H](O)[C@H](O)[C@H](O)CO)c(=O)n2CCCCOP(=O)(O)O. The van der Waals surface area contributed by atoms with Gasteiger partial charge < -0.3 is 30.2 Å². The normalized spacial score (nSPS) is 15.4. The lowest BCUT2D eigenvalue weighted by atomic mass is 10.1. The van der Waals surface area contributed by atoms with Gasteiger partial charge in [-0.1, -0.05) is 0 Å². The Morgan fingerprint density at radius 3 is 2.27 bits per heavy atom. The number of hydrogen-bond donors (Lipinski definition) is 8. The molecule has 0 bridgehead atoms. The third-order valence-corrected chi connectivity index (χ3v) is 4.80. The third-order valence-electron chi connectivity index (χ3n) is 4.28. The minimum atomic E-state index is -4.63. The number of nitrogens with zero attached hydrogens (tertiary/aromatic N) is 2. The molecule has 15 nitrogen and oxygen atoms in total. The first-order valence-corrected chi connectivity index (χ1v) is 10.3. The predicted molar refractivity (Wildman–Crippen MR) is 99.8 cm³/mol. The number of aliphatic hydroxyl groups excluding tert-OH is 4. The van der Waals surface area contributed by atoms with E-state index in [1.54, 1.807) is 0 Å². The molecule has 2 aromatic heterocycles. The Morgan fingerprint density at radius 2 is 1.67 bits per heavy atom. The van der Waals surface area contributed by atoms with Crippen molar-refractivity contribution < 1.29 is 39.3 Å². The number of imidazole rings is 1. The van der Waals surface area contributed by atoms with Crippen molar-refractivity contribution in [3.8, 4) is 0 Å². The number of aromatic amines is 2. The first-order chi connectivity index (χ1) is 14.0. The zero-order valence-electron chi connectivity index (χ0n) is 15.5. The van der Waals surface area contributed by atoms with Gasteiger partial charge in [0, 0.05) is 6.54 Å². The van der Waals surface area contributed by atoms with Gasteiger partial charge in [-0.15, -0.1) is 0 Å². The molecule has 0 aliphatic heterocycles. The van der Waals surface area contributed by atoms with Crippen molar-refractivity contribution in [3.05, 3.63) is 31.3 Å². The first-order valence-electron chi connectivity index (χ1n) is 8.77. The van der Waals surface area contributed by atoms with Crippen LogP contribution in [0.2, 0.25) is 0 Å². The van der Waals surface area contributed by atoms with Crippen LogP contribution in [0.15, 0.2) is 14.4 Å². The molecule has 2 aromatic rings. The molecular formula is C14H23N4O11P. The van der Waals surface area contributed by atoms with E-state index in [1.807, 2.05) is 4.98 Å². The molecular weight excluding hydrogens is 431 g/mol. The summed E-state index contributed by atoms with van der Waals surface area (Å²) in [5.74, 6) is 0. The molecule has 0 unspecified atom stereocenters. The van der Waals surface area contributed by atoms with Crippen molar-refractivity contribution in [2.24, 2.45) is 0 Å². The molecule has 0 amide bonds. The zero-order valence-corrected chi connectivity index (χ0v) is 16.4. The van der Waals surface area contributed by atoms with E-state index in [4.69, 9.17) is 14.9 Å². The largest absolute Gasteiger partial charge is 0.469 e. The van der Waals surface area contributed by atoms with Gasteiger partial charge in [-0.3, -0.25) is 28.4 Å². The maximum atomic E-state index is 12.8. The highest BCUT2D eigenvalue weighted by Gasteiger charge is 2.27. The Balaban J connectivity index is 2.34. The highest BCUT2D eigenvalue weighted by molar-refractivity contribution is 7.46. The lowest BCUT2D eigenvalue weighted by molar-refractivity contribution is -0.0806. The Kier molecular flexibility index (Phi) is 7.90. The van der Waals surface area contributed by atoms with E-state index < -0.39 is 56.2 Å². The Hall–Kier alpha value is -2.10. The predicted octanol–water partition coefficient (Wildman–Crippen LogP) is -3.86. The molecule has 0 aliphatic carbocycles. The molecule has 3 atom stereocenters. The van der Waals surface area contributed by atoms with Crippen LogP contribution in [0.25, 0.3) is 11.2 Å². The zero-order chi connectivity index (χ0) is 22.6. The quantitative estimate of drug-likeness (QED) is 0.121. The number of phosphoric ester groups is 1. The molecule has 0 aromatic carbocycles. The van der Waals surface area contributed by atoms with Crippen molar-refractivity contribution in [2.45, 2.75) is 44.2 Å². The van der Waals surface area contributed by atoms with E-state index in [1.165, 1.54) is 0 Å². The minimum Gasteiger partial charge on any atom is -0.394 e. The number of aliphatic hydroxyl groups is 4. The molecule has 0 radical (unpaired) electrons. The average Bonchev–Trinajstić information content (AvgIpc) is 2.91. The summed E-state index contributed by atoms with van der Waals surface area (Å²) in [6.07, 6.45) is -4.90. The first kappa shape index (κ1) is 24.2. The van der Waals surface area contributed by atoms with E-state index in [0.717, 1.165) is 9.13 Å². The van der Waals surface area contributed by atoms with Gasteiger partial charge in [-0.25, -0.2) is 14.2 Å². The van der Waals surface area contributed by atoms with E-state index in [-0.39, 0.29) is 37.2 Å². The van der Waals surface area contributed by atoms with Crippen LogP contribution in [0.3, 0.4) is 0 Å². The Labute approximate surface area is 167 Å². The molecule has 0 aliphatic rings. The molecule has 0 saturated carbocycles. The topological polar surface area (TPSA) is 240 Å². The van der Waals surface area contributed by atoms with Crippen LogP contribution < -0.4 is 16.9 Å². The fraction of sp³-hybridized carbons (Fsp3) is 0.643. The van der Waals surface area contributed by atoms with E-state index in [2.05, 4.69) is 9.51 Å². The van der Waals surface area contributed by atoms with Crippen LogP contribution in [0.5, 0.6) is 0 Å². The number of aryl methyl sites for hydroxylation is 1. The minimum absolute atomic E-state index is 0.0834. The van der Waals surface area contributed by atoms with Crippen LogP contribution in [0.4, 0.5) is 0 Å². The van der Waals surface area contributed by atoms with Crippen LogP contribution in [-0.2, 0) is 22.2 Å². The third kappa shape index (κ3) is 5.74. The van der Waals surface area contributed by atoms with Gasteiger partial charge in [0.05, 0.1) is 19.8 Å². The summed E-state index contributed by atoms with van der Waals surface area (Å²) in [7, 11) is -4.63. The molecule has 16 heteroatoms. The lowest BCUT2D eigenvalue weighted by Crippen LogP contribution is -2.43. The van der Waals surface area contributed by atoms with Crippen molar-refractivity contribution in [1.82, 2.24) is 19.1 Å². The smallest absolute Gasteiger partial charge is 0.394 e. The molecule has 2 heterocycles. The molecule has 30 heavy (non-hydrogen) atoms. The summed E-state index contributed by atoms with van der Waals surface area (Å²) in [4.78, 5) is 58.1. The summed E-state index contributed by atoms with van der Waals surface area (Å²) in [5.41, 5.74) is -3.08. The van der Waals surface area contributed by atoms with E-state index in [0.29, 0.717) is 0 Å². The van der Waals surface area contributed by atoms with E-state index in [9.17, 15) is 34.3 Å². The molecule has 170 valence electrons. The standard InChI is InChI=1S/C14H23N4O11P/c19-6-8(21)10(22)7(20)5-18-11-9(12(23)16-13(24)15-11)17(14(18)25)3-1-2-4-29-30(26,27)28/h7-8,10,19-22H,1-6H2,(H2,26,27,28)(H2,15,16,23,24)/t7-,8-,10+/m1/s1. The van der Waals surface area contributed by atoms with Crippen molar-refractivity contribution >= 4 is 19.0 Å². The summed E-state index contributed by atoms with van der Waals surface area (Å²) in [6.45, 7) is -1.84. The highest BCUT2D eigenvalue weighted by atomic mass is 31.2. The number of unbranched alkanes of at least 4 members (excludes halogenated alkanes) is 1. The molecule has 0 saturated heterocycles. The second-order valence-electron chi connectivity index (χ2n) is 6.49. The van der Waals surface area contributed by atoms with Crippen molar-refractivity contribution in [1.29, 1.82) is 0 Å². The number of aromatic nitrogens is 4. The number of H-pyrrole nitrogens is 2. The number of nitrogens with one attached hydrogen (secondary N) is 2. The number of phosphoric acid groups is 1. The van der Waals surface area contributed by atoms with Crippen LogP contribution in [0.1, 0.15) is 12.8 Å². The summed E-state index contributed by atoms with van der Waals surface area (Å²) in [6, 6.07) is 0. The lowest BCUT2D eigenvalue weighted by Gasteiger charge is -2.21. The van der Waals surface area contributed by atoms with Gasteiger partial charge >= 0.3 is 19.2 Å². The van der Waals surface area contributed by atoms with Gasteiger partial charge in [0.25, 0.3) is 5.56 Å². The van der Waals surface area contributed by atoms with Crippen LogP contribution in [-0.4, -0.2) is 80.8 Å². The van der Waals surface area contributed by atoms with Gasteiger partial charge in [0.1, 0.15) is 24.0 Å². The monoisotopic (exact) mass is 454 g/mol. The van der Waals surface area contributed by atoms with Crippen LogP contribution >= 0.6 is 7.82 Å². The van der Waals surface area contributed by atoms with Gasteiger partial charge in [-0.05, 0) is 12.8 Å². The van der Waals surface area contributed by atoms with Gasteiger partial charge in [0.15, 0.2) is 5.52 Å². The maximum absolute atomic E-state index is 12.8. The summed E-state index contributed by atoms with van der Waals surface area (Å²) in [5, 5.41) is 38.2.